The standard InChI is InChI=1S/C31H38N2O3/c1-4-6-20-32-31(35)29(21-26-13-8-7-9-14-26)33(22-27-15-11-10-12-24(27)3)30(34)23-36-28-18-16-25(5-2)17-19-28/h7-19,29H,4-6,20-23H2,1-3H3,(H,32,35)/t29-/m1/s1. The number of nitrogens with zero attached hydrogens (tertiary/aromatic N) is 1. The molecule has 0 saturated heterocycles. The highest BCUT2D eigenvalue weighted by atomic mass is 16.5. The number of hydrogen-bond donors (Lipinski definition) is 1. The van der Waals surface area contributed by atoms with Crippen molar-refractivity contribution in [1.29, 1.82) is 0 Å². The molecule has 0 saturated carbocycles. The quantitative estimate of drug-likeness (QED) is 0.325. The van der Waals surface area contributed by atoms with Crippen LogP contribution in [0.15, 0.2) is 78.9 Å². The lowest BCUT2D eigenvalue weighted by Gasteiger charge is -2.32. The molecule has 3 aromatic rings. The minimum absolute atomic E-state index is 0.134. The zero-order valence-corrected chi connectivity index (χ0v) is 21.7. The van der Waals surface area contributed by atoms with Crippen LogP contribution in [-0.4, -0.2) is 35.9 Å². The number of unbranched alkanes of at least 4 members (excludes halogenated alkanes) is 1. The number of carbonyl (C=O) groups excluding carboxylic acids is 2. The summed E-state index contributed by atoms with van der Waals surface area (Å²) in [6, 6.07) is 25.0. The SMILES string of the molecule is CCCCNC(=O)[C@@H](Cc1ccccc1)N(Cc1ccccc1C)C(=O)COc1ccc(CC)cc1. The molecule has 0 heterocycles. The Morgan fingerprint density at radius 1 is 0.889 bits per heavy atom. The van der Waals surface area contributed by atoms with E-state index in [-0.39, 0.29) is 18.4 Å². The Bertz CT molecular complexity index is 1100. The lowest BCUT2D eigenvalue weighted by atomic mass is 10.0. The summed E-state index contributed by atoms with van der Waals surface area (Å²) >= 11 is 0. The third-order valence-electron chi connectivity index (χ3n) is 6.40. The van der Waals surface area contributed by atoms with Crippen LogP contribution in [0, 0.1) is 6.92 Å². The smallest absolute Gasteiger partial charge is 0.261 e. The lowest BCUT2D eigenvalue weighted by Crippen LogP contribution is -2.52. The van der Waals surface area contributed by atoms with Crippen molar-refractivity contribution in [2.45, 2.75) is 59.0 Å². The maximum Gasteiger partial charge on any atom is 0.261 e. The summed E-state index contributed by atoms with van der Waals surface area (Å²) in [4.78, 5) is 28.8. The normalized spacial score (nSPS) is 11.5. The molecule has 1 N–H and O–H groups in total. The van der Waals surface area contributed by atoms with Gasteiger partial charge in [0.2, 0.25) is 5.91 Å². The van der Waals surface area contributed by atoms with Crippen LogP contribution in [0.1, 0.15) is 48.9 Å². The van der Waals surface area contributed by atoms with E-state index in [2.05, 4.69) is 19.2 Å². The molecule has 0 radical (unpaired) electrons. The van der Waals surface area contributed by atoms with Gasteiger partial charge in [0.25, 0.3) is 5.91 Å². The third-order valence-corrected chi connectivity index (χ3v) is 6.40. The summed E-state index contributed by atoms with van der Waals surface area (Å²) in [5, 5.41) is 3.05. The van der Waals surface area contributed by atoms with E-state index in [1.165, 1.54) is 5.56 Å². The van der Waals surface area contributed by atoms with Crippen molar-refractivity contribution < 1.29 is 14.3 Å². The predicted molar refractivity (Wildman–Crippen MR) is 145 cm³/mol. The minimum atomic E-state index is -0.651. The Balaban J connectivity index is 1.87. The van der Waals surface area contributed by atoms with Gasteiger partial charge in [-0.05, 0) is 54.2 Å². The van der Waals surface area contributed by atoms with Crippen LogP contribution in [0.5, 0.6) is 5.75 Å². The molecule has 3 rings (SSSR count). The summed E-state index contributed by atoms with van der Waals surface area (Å²) in [7, 11) is 0. The molecule has 3 aromatic carbocycles. The number of hydrogen-bond acceptors (Lipinski definition) is 3. The van der Waals surface area contributed by atoms with E-state index < -0.39 is 6.04 Å². The van der Waals surface area contributed by atoms with Crippen molar-refractivity contribution in [3.8, 4) is 5.75 Å². The van der Waals surface area contributed by atoms with Crippen LogP contribution in [0.2, 0.25) is 0 Å². The number of benzene rings is 3. The molecule has 0 bridgehead atoms. The summed E-state index contributed by atoms with van der Waals surface area (Å²) < 4.78 is 5.87. The second kappa shape index (κ2) is 14.1. The summed E-state index contributed by atoms with van der Waals surface area (Å²) in [6.07, 6.45) is 3.26. The van der Waals surface area contributed by atoms with E-state index in [1.54, 1.807) is 4.90 Å². The molecule has 5 heteroatoms. The van der Waals surface area contributed by atoms with E-state index in [0.29, 0.717) is 25.3 Å². The first-order chi connectivity index (χ1) is 17.5. The number of aryl methyl sites for hydroxylation is 2. The summed E-state index contributed by atoms with van der Waals surface area (Å²) in [5.74, 6) is 0.286. The molecule has 5 nitrogen and oxygen atoms in total. The molecule has 0 fully saturated rings. The van der Waals surface area contributed by atoms with Crippen LogP contribution >= 0.6 is 0 Å². The molecule has 0 aliphatic carbocycles. The van der Waals surface area contributed by atoms with Crippen molar-refractivity contribution in [3.05, 3.63) is 101 Å². The number of ether oxygens (including phenoxy) is 1. The topological polar surface area (TPSA) is 58.6 Å². The molecule has 2 amide bonds. The van der Waals surface area contributed by atoms with Gasteiger partial charge in [0.15, 0.2) is 6.61 Å². The van der Waals surface area contributed by atoms with Crippen LogP contribution in [0.4, 0.5) is 0 Å². The first-order valence-corrected chi connectivity index (χ1v) is 12.9. The fourth-order valence-corrected chi connectivity index (χ4v) is 4.08. The maximum atomic E-state index is 13.6. The summed E-state index contributed by atoms with van der Waals surface area (Å²) in [5.41, 5.74) is 4.31. The van der Waals surface area contributed by atoms with Gasteiger partial charge in [0.05, 0.1) is 0 Å². The van der Waals surface area contributed by atoms with Crippen molar-refractivity contribution in [3.63, 3.8) is 0 Å². The Hall–Kier alpha value is -3.60. The van der Waals surface area contributed by atoms with Crippen LogP contribution < -0.4 is 10.1 Å². The van der Waals surface area contributed by atoms with E-state index in [0.717, 1.165) is 36.0 Å². The first kappa shape index (κ1) is 27.0. The van der Waals surface area contributed by atoms with Crippen molar-refractivity contribution in [1.82, 2.24) is 10.2 Å². The maximum absolute atomic E-state index is 13.6. The molecule has 0 aliphatic rings. The Kier molecular flexibility index (Phi) is 10.6. The minimum Gasteiger partial charge on any atom is -0.484 e. The zero-order chi connectivity index (χ0) is 25.8. The van der Waals surface area contributed by atoms with Gasteiger partial charge in [-0.15, -0.1) is 0 Å². The average molecular weight is 487 g/mol. The van der Waals surface area contributed by atoms with Crippen molar-refractivity contribution >= 4 is 11.8 Å². The summed E-state index contributed by atoms with van der Waals surface area (Å²) in [6.45, 7) is 7.01. The Morgan fingerprint density at radius 2 is 1.58 bits per heavy atom. The zero-order valence-electron chi connectivity index (χ0n) is 21.7. The molecular weight excluding hydrogens is 448 g/mol. The molecule has 190 valence electrons. The average Bonchev–Trinajstić information content (AvgIpc) is 2.91. The van der Waals surface area contributed by atoms with Crippen LogP contribution in [0.25, 0.3) is 0 Å². The van der Waals surface area contributed by atoms with Crippen LogP contribution in [-0.2, 0) is 29.0 Å². The molecule has 0 aliphatic heterocycles. The molecular formula is C31H38N2O3. The van der Waals surface area contributed by atoms with Gasteiger partial charge in [-0.2, -0.15) is 0 Å². The number of rotatable bonds is 13. The largest absolute Gasteiger partial charge is 0.484 e. The van der Waals surface area contributed by atoms with E-state index in [9.17, 15) is 9.59 Å². The first-order valence-electron chi connectivity index (χ1n) is 12.9. The molecule has 0 unspecified atom stereocenters. The fraction of sp³-hybridized carbons (Fsp3) is 0.355. The number of carbonyl (C=O) groups is 2. The van der Waals surface area contributed by atoms with Gasteiger partial charge in [-0.3, -0.25) is 9.59 Å². The molecule has 0 spiro atoms. The number of amides is 2. The highest BCUT2D eigenvalue weighted by Gasteiger charge is 2.30. The molecule has 1 atom stereocenters. The Morgan fingerprint density at radius 3 is 2.25 bits per heavy atom. The van der Waals surface area contributed by atoms with Gasteiger partial charge in [-0.25, -0.2) is 0 Å². The van der Waals surface area contributed by atoms with E-state index in [1.807, 2.05) is 85.8 Å². The Labute approximate surface area is 215 Å². The van der Waals surface area contributed by atoms with E-state index >= 15 is 0 Å². The second-order valence-electron chi connectivity index (χ2n) is 9.08. The lowest BCUT2D eigenvalue weighted by molar-refractivity contribution is -0.142. The molecule has 0 aromatic heterocycles. The van der Waals surface area contributed by atoms with E-state index in [4.69, 9.17) is 4.74 Å². The van der Waals surface area contributed by atoms with Gasteiger partial charge >= 0.3 is 0 Å². The molecule has 36 heavy (non-hydrogen) atoms. The highest BCUT2D eigenvalue weighted by molar-refractivity contribution is 5.88. The van der Waals surface area contributed by atoms with Gasteiger partial charge in [0.1, 0.15) is 11.8 Å². The monoisotopic (exact) mass is 486 g/mol. The van der Waals surface area contributed by atoms with Crippen molar-refractivity contribution in [2.24, 2.45) is 0 Å². The highest BCUT2D eigenvalue weighted by Crippen LogP contribution is 2.18. The van der Waals surface area contributed by atoms with Gasteiger partial charge < -0.3 is 15.0 Å². The fourth-order valence-electron chi connectivity index (χ4n) is 4.08. The van der Waals surface area contributed by atoms with Gasteiger partial charge in [-0.1, -0.05) is 87.0 Å². The van der Waals surface area contributed by atoms with Gasteiger partial charge in [0, 0.05) is 19.5 Å². The van der Waals surface area contributed by atoms with Crippen molar-refractivity contribution in [2.75, 3.05) is 13.2 Å². The predicted octanol–water partition coefficient (Wildman–Crippen LogP) is 5.49. The number of nitrogens with one attached hydrogen (secondary N) is 1. The second-order valence-corrected chi connectivity index (χ2v) is 9.08. The third kappa shape index (κ3) is 7.98. The van der Waals surface area contributed by atoms with Crippen LogP contribution in [0.3, 0.4) is 0 Å².